The zero-order valence-electron chi connectivity index (χ0n) is 15.2. The van der Waals surface area contributed by atoms with Crippen molar-refractivity contribution in [3.05, 3.63) is 63.1 Å². The van der Waals surface area contributed by atoms with E-state index in [1.54, 1.807) is 6.07 Å². The minimum atomic E-state index is -0.378. The molecule has 0 radical (unpaired) electrons. The number of nitrogens with two attached hydrogens (primary N) is 1. The Hall–Kier alpha value is -1.85. The maximum Gasteiger partial charge on any atom is 0.248 e. The first-order valence-electron chi connectivity index (χ1n) is 9.55. The van der Waals surface area contributed by atoms with E-state index >= 15 is 0 Å². The summed E-state index contributed by atoms with van der Waals surface area (Å²) in [6, 6.07) is 12.1. The van der Waals surface area contributed by atoms with E-state index in [1.807, 2.05) is 12.1 Å². The van der Waals surface area contributed by atoms with Gasteiger partial charge in [0.2, 0.25) is 5.91 Å². The molecular formula is C22H24BrNO3. The third kappa shape index (κ3) is 4.19. The van der Waals surface area contributed by atoms with Crippen molar-refractivity contribution in [3.63, 3.8) is 0 Å². The highest BCUT2D eigenvalue weighted by Gasteiger charge is 2.25. The van der Waals surface area contributed by atoms with Gasteiger partial charge >= 0.3 is 0 Å². The minimum absolute atomic E-state index is 0.171. The van der Waals surface area contributed by atoms with E-state index in [0.717, 1.165) is 54.5 Å². The Bertz CT molecular complexity index is 845. The Labute approximate surface area is 168 Å². The van der Waals surface area contributed by atoms with Gasteiger partial charge in [0.15, 0.2) is 0 Å². The molecule has 27 heavy (non-hydrogen) atoms. The predicted molar refractivity (Wildman–Crippen MR) is 108 cm³/mol. The van der Waals surface area contributed by atoms with Crippen LogP contribution in [-0.2, 0) is 17.6 Å². The maximum atomic E-state index is 12.0. The lowest BCUT2D eigenvalue weighted by Gasteiger charge is -2.27. The van der Waals surface area contributed by atoms with Gasteiger partial charge in [-0.25, -0.2) is 0 Å². The number of fused-ring (bicyclic) bond motifs is 1. The van der Waals surface area contributed by atoms with Crippen molar-refractivity contribution in [3.8, 4) is 5.75 Å². The van der Waals surface area contributed by atoms with Crippen LogP contribution in [0.1, 0.15) is 52.2 Å². The molecule has 2 aromatic carbocycles. The van der Waals surface area contributed by atoms with E-state index in [9.17, 15) is 4.79 Å². The molecule has 142 valence electrons. The molecule has 1 aliphatic carbocycles. The zero-order chi connectivity index (χ0) is 18.8. The summed E-state index contributed by atoms with van der Waals surface area (Å²) < 4.78 is 12.7. The molecule has 4 rings (SSSR count). The number of hydrogen-bond acceptors (Lipinski definition) is 3. The topological polar surface area (TPSA) is 61.6 Å². The van der Waals surface area contributed by atoms with Gasteiger partial charge in [0.1, 0.15) is 12.4 Å². The Morgan fingerprint density at radius 3 is 2.85 bits per heavy atom. The van der Waals surface area contributed by atoms with Crippen LogP contribution < -0.4 is 10.5 Å². The SMILES string of the molecule is NC(=O)c1ccc(OC[C@@H]2CCCO2)cc1[C@H]1CCc2cc(Br)ccc2C1. The Morgan fingerprint density at radius 1 is 1.19 bits per heavy atom. The van der Waals surface area contributed by atoms with E-state index in [1.165, 1.54) is 11.1 Å². The number of aryl methyl sites for hydroxylation is 1. The summed E-state index contributed by atoms with van der Waals surface area (Å²) in [7, 11) is 0. The molecule has 2 N–H and O–H groups in total. The summed E-state index contributed by atoms with van der Waals surface area (Å²) in [5.74, 6) is 0.678. The van der Waals surface area contributed by atoms with E-state index < -0.39 is 0 Å². The van der Waals surface area contributed by atoms with Crippen LogP contribution in [0.5, 0.6) is 5.75 Å². The van der Waals surface area contributed by atoms with Gasteiger partial charge in [0.05, 0.1) is 6.10 Å². The fourth-order valence-corrected chi connectivity index (χ4v) is 4.56. The van der Waals surface area contributed by atoms with Crippen molar-refractivity contribution in [1.82, 2.24) is 0 Å². The van der Waals surface area contributed by atoms with Crippen molar-refractivity contribution in [2.45, 2.75) is 44.1 Å². The molecule has 0 spiro atoms. The average Bonchev–Trinajstić information content (AvgIpc) is 3.19. The van der Waals surface area contributed by atoms with Crippen LogP contribution in [0.2, 0.25) is 0 Å². The average molecular weight is 430 g/mol. The van der Waals surface area contributed by atoms with Crippen LogP contribution in [0.25, 0.3) is 0 Å². The molecule has 4 nitrogen and oxygen atoms in total. The van der Waals surface area contributed by atoms with Gasteiger partial charge in [-0.1, -0.05) is 22.0 Å². The second-order valence-electron chi connectivity index (χ2n) is 7.41. The number of hydrogen-bond donors (Lipinski definition) is 1. The predicted octanol–water partition coefficient (Wildman–Crippen LogP) is 4.38. The standard InChI is InChI=1S/C22H24BrNO3/c23-17-6-5-14-10-16(4-3-15(14)11-17)21-12-18(7-8-20(21)22(24)25)27-13-19-2-1-9-26-19/h5-8,11-12,16,19H,1-4,9-10,13H2,(H2,24,25)/t16-,19-/m0/s1. The molecule has 1 saturated heterocycles. The van der Waals surface area contributed by atoms with Crippen molar-refractivity contribution in [1.29, 1.82) is 0 Å². The fraction of sp³-hybridized carbons (Fsp3) is 0.409. The third-order valence-electron chi connectivity index (χ3n) is 5.58. The highest BCUT2D eigenvalue weighted by Crippen LogP contribution is 2.36. The van der Waals surface area contributed by atoms with Crippen LogP contribution in [-0.4, -0.2) is 25.2 Å². The number of primary amides is 1. The highest BCUT2D eigenvalue weighted by molar-refractivity contribution is 9.10. The van der Waals surface area contributed by atoms with E-state index in [0.29, 0.717) is 12.2 Å². The summed E-state index contributed by atoms with van der Waals surface area (Å²) in [5, 5.41) is 0. The molecule has 0 aromatic heterocycles. The van der Waals surface area contributed by atoms with Gasteiger partial charge in [0.25, 0.3) is 0 Å². The maximum absolute atomic E-state index is 12.0. The lowest BCUT2D eigenvalue weighted by molar-refractivity contribution is 0.0679. The smallest absolute Gasteiger partial charge is 0.248 e. The molecule has 1 heterocycles. The second-order valence-corrected chi connectivity index (χ2v) is 8.33. The number of carbonyl (C=O) groups is 1. The molecule has 1 fully saturated rings. The van der Waals surface area contributed by atoms with Gasteiger partial charge in [0, 0.05) is 16.6 Å². The van der Waals surface area contributed by atoms with Crippen molar-refractivity contribution < 1.29 is 14.3 Å². The van der Waals surface area contributed by atoms with Crippen LogP contribution in [0.15, 0.2) is 40.9 Å². The number of halogens is 1. The van der Waals surface area contributed by atoms with Gasteiger partial charge < -0.3 is 15.2 Å². The first kappa shape index (κ1) is 18.5. The van der Waals surface area contributed by atoms with Crippen LogP contribution in [0.4, 0.5) is 0 Å². The van der Waals surface area contributed by atoms with E-state index in [-0.39, 0.29) is 17.9 Å². The summed E-state index contributed by atoms with van der Waals surface area (Å²) in [6.45, 7) is 1.37. The molecule has 2 aromatic rings. The Kier molecular flexibility index (Phi) is 5.50. The van der Waals surface area contributed by atoms with Crippen molar-refractivity contribution in [2.24, 2.45) is 5.73 Å². The molecule has 0 unspecified atom stereocenters. The first-order chi connectivity index (χ1) is 13.1. The number of rotatable bonds is 5. The van der Waals surface area contributed by atoms with Gasteiger partial charge in [-0.15, -0.1) is 0 Å². The van der Waals surface area contributed by atoms with Gasteiger partial charge in [-0.05, 0) is 85.0 Å². The Balaban J connectivity index is 1.57. The van der Waals surface area contributed by atoms with E-state index in [2.05, 4.69) is 34.1 Å². The highest BCUT2D eigenvalue weighted by atomic mass is 79.9. The lowest BCUT2D eigenvalue weighted by Crippen LogP contribution is -2.20. The van der Waals surface area contributed by atoms with Gasteiger partial charge in [-0.2, -0.15) is 0 Å². The largest absolute Gasteiger partial charge is 0.491 e. The quantitative estimate of drug-likeness (QED) is 0.766. The van der Waals surface area contributed by atoms with Crippen LogP contribution >= 0.6 is 15.9 Å². The molecule has 0 saturated carbocycles. The third-order valence-corrected chi connectivity index (χ3v) is 6.08. The van der Waals surface area contributed by atoms with Crippen molar-refractivity contribution in [2.75, 3.05) is 13.2 Å². The van der Waals surface area contributed by atoms with Crippen molar-refractivity contribution >= 4 is 21.8 Å². The number of amides is 1. The Morgan fingerprint density at radius 2 is 2.07 bits per heavy atom. The molecule has 1 amide bonds. The van der Waals surface area contributed by atoms with Crippen LogP contribution in [0.3, 0.4) is 0 Å². The summed E-state index contributed by atoms with van der Waals surface area (Å²) in [5.41, 5.74) is 9.98. The summed E-state index contributed by atoms with van der Waals surface area (Å²) in [4.78, 5) is 12.0. The number of ether oxygens (including phenoxy) is 2. The fourth-order valence-electron chi connectivity index (χ4n) is 4.15. The minimum Gasteiger partial charge on any atom is -0.491 e. The number of carbonyl (C=O) groups excluding carboxylic acids is 1. The van der Waals surface area contributed by atoms with Gasteiger partial charge in [-0.3, -0.25) is 4.79 Å². The normalized spacial score (nSPS) is 21.7. The summed E-state index contributed by atoms with van der Waals surface area (Å²) in [6.07, 6.45) is 5.22. The second kappa shape index (κ2) is 8.03. The molecule has 0 bridgehead atoms. The molecule has 2 aliphatic rings. The molecular weight excluding hydrogens is 406 g/mol. The monoisotopic (exact) mass is 429 g/mol. The first-order valence-corrected chi connectivity index (χ1v) is 10.3. The molecule has 2 atom stereocenters. The van der Waals surface area contributed by atoms with E-state index in [4.69, 9.17) is 15.2 Å². The molecule has 1 aliphatic heterocycles. The number of benzene rings is 2. The zero-order valence-corrected chi connectivity index (χ0v) is 16.8. The molecule has 5 heteroatoms. The summed E-state index contributed by atoms with van der Waals surface area (Å²) >= 11 is 3.55. The lowest BCUT2D eigenvalue weighted by atomic mass is 9.78. The van der Waals surface area contributed by atoms with Crippen LogP contribution in [0, 0.1) is 0 Å².